The first-order chi connectivity index (χ1) is 16.1. The number of nitrogens with zero attached hydrogens (tertiary/aromatic N) is 1. The predicted molar refractivity (Wildman–Crippen MR) is 136 cm³/mol. The Hall–Kier alpha value is -3.05. The lowest BCUT2D eigenvalue weighted by atomic mass is 10.0. The van der Waals surface area contributed by atoms with Gasteiger partial charge < -0.3 is 10.2 Å². The van der Waals surface area contributed by atoms with Crippen molar-refractivity contribution < 1.29 is 9.59 Å². The summed E-state index contributed by atoms with van der Waals surface area (Å²) in [5.41, 5.74) is 3.19. The van der Waals surface area contributed by atoms with Crippen LogP contribution in [0.4, 0.5) is 0 Å². The number of hydrogen-bond donors (Lipinski definition) is 1. The van der Waals surface area contributed by atoms with Crippen molar-refractivity contribution in [1.29, 1.82) is 0 Å². The molecule has 3 aromatic carbocycles. The summed E-state index contributed by atoms with van der Waals surface area (Å²) in [6.45, 7) is 5.05. The normalized spacial score (nSPS) is 11.6. The SMILES string of the molecule is CCCNC(=O)[C@H](Cc1ccccc1)N(Cc1cccc(C)c1)C(=O)CSc1ccccc1. The van der Waals surface area contributed by atoms with Crippen molar-refractivity contribution in [3.8, 4) is 0 Å². The van der Waals surface area contributed by atoms with Crippen LogP contribution in [0.3, 0.4) is 0 Å². The second kappa shape index (κ2) is 12.9. The van der Waals surface area contributed by atoms with Crippen LogP contribution >= 0.6 is 11.8 Å². The molecule has 0 heterocycles. The highest BCUT2D eigenvalue weighted by Gasteiger charge is 2.30. The molecule has 0 aliphatic rings. The predicted octanol–water partition coefficient (Wildman–Crippen LogP) is 5.25. The van der Waals surface area contributed by atoms with Crippen LogP contribution in [-0.2, 0) is 22.6 Å². The fraction of sp³-hybridized carbons (Fsp3) is 0.286. The summed E-state index contributed by atoms with van der Waals surface area (Å²) in [7, 11) is 0. The highest BCUT2D eigenvalue weighted by molar-refractivity contribution is 8.00. The minimum Gasteiger partial charge on any atom is -0.354 e. The van der Waals surface area contributed by atoms with Crippen molar-refractivity contribution in [2.45, 2.75) is 44.2 Å². The van der Waals surface area contributed by atoms with E-state index in [2.05, 4.69) is 11.4 Å². The van der Waals surface area contributed by atoms with Crippen LogP contribution < -0.4 is 5.32 Å². The summed E-state index contributed by atoms with van der Waals surface area (Å²) >= 11 is 1.50. The number of carbonyl (C=O) groups is 2. The molecule has 172 valence electrons. The third-order valence-electron chi connectivity index (χ3n) is 5.36. The van der Waals surface area contributed by atoms with Crippen molar-refractivity contribution in [2.24, 2.45) is 0 Å². The second-order valence-electron chi connectivity index (χ2n) is 8.11. The van der Waals surface area contributed by atoms with Crippen molar-refractivity contribution >= 4 is 23.6 Å². The zero-order chi connectivity index (χ0) is 23.5. The number of rotatable bonds is 11. The minimum absolute atomic E-state index is 0.0436. The van der Waals surface area contributed by atoms with Crippen molar-refractivity contribution in [3.05, 3.63) is 102 Å². The van der Waals surface area contributed by atoms with Gasteiger partial charge in [-0.25, -0.2) is 0 Å². The fourth-order valence-electron chi connectivity index (χ4n) is 3.67. The molecule has 1 atom stereocenters. The molecule has 0 aromatic heterocycles. The minimum atomic E-state index is -0.580. The standard InChI is InChI=1S/C28H32N2O2S/c1-3-17-29-28(32)26(19-23-12-6-4-7-13-23)30(20-24-14-10-11-22(2)18-24)27(31)21-33-25-15-8-5-9-16-25/h4-16,18,26H,3,17,19-21H2,1-2H3,(H,29,32)/t26-/m0/s1. The molecule has 4 nitrogen and oxygen atoms in total. The number of thioether (sulfide) groups is 1. The van der Waals surface area contributed by atoms with Crippen LogP contribution in [0.15, 0.2) is 89.8 Å². The zero-order valence-electron chi connectivity index (χ0n) is 19.4. The molecule has 0 saturated carbocycles. The van der Waals surface area contributed by atoms with Crippen LogP contribution in [0.25, 0.3) is 0 Å². The summed E-state index contributed by atoms with van der Waals surface area (Å²) in [5.74, 6) is 0.131. The lowest BCUT2D eigenvalue weighted by molar-refractivity contribution is -0.139. The molecular formula is C28H32N2O2S. The molecule has 0 aliphatic heterocycles. The number of benzene rings is 3. The molecule has 3 rings (SSSR count). The molecule has 0 radical (unpaired) electrons. The van der Waals surface area contributed by atoms with E-state index in [9.17, 15) is 9.59 Å². The monoisotopic (exact) mass is 460 g/mol. The molecule has 0 fully saturated rings. The number of amides is 2. The van der Waals surface area contributed by atoms with E-state index >= 15 is 0 Å². The van der Waals surface area contributed by atoms with Crippen molar-refractivity contribution in [1.82, 2.24) is 10.2 Å². The van der Waals surface area contributed by atoms with E-state index in [1.54, 1.807) is 4.90 Å². The van der Waals surface area contributed by atoms with Crippen molar-refractivity contribution in [3.63, 3.8) is 0 Å². The molecule has 33 heavy (non-hydrogen) atoms. The molecular weight excluding hydrogens is 428 g/mol. The topological polar surface area (TPSA) is 49.4 Å². The van der Waals surface area contributed by atoms with Gasteiger partial charge in [0.05, 0.1) is 5.75 Å². The van der Waals surface area contributed by atoms with E-state index in [0.29, 0.717) is 19.5 Å². The van der Waals surface area contributed by atoms with Gasteiger partial charge in [-0.05, 0) is 36.6 Å². The fourth-order valence-corrected chi connectivity index (χ4v) is 4.48. The summed E-state index contributed by atoms with van der Waals surface area (Å²) in [4.78, 5) is 29.6. The molecule has 5 heteroatoms. The van der Waals surface area contributed by atoms with Gasteiger partial charge in [0.2, 0.25) is 11.8 Å². The van der Waals surface area contributed by atoms with Gasteiger partial charge in [-0.15, -0.1) is 11.8 Å². The van der Waals surface area contributed by atoms with Gasteiger partial charge >= 0.3 is 0 Å². The van der Waals surface area contributed by atoms with E-state index in [4.69, 9.17) is 0 Å². The van der Waals surface area contributed by atoms with E-state index in [-0.39, 0.29) is 17.6 Å². The zero-order valence-corrected chi connectivity index (χ0v) is 20.2. The first-order valence-corrected chi connectivity index (χ1v) is 12.4. The maximum absolute atomic E-state index is 13.5. The maximum Gasteiger partial charge on any atom is 0.243 e. The largest absolute Gasteiger partial charge is 0.354 e. The summed E-state index contributed by atoms with van der Waals surface area (Å²) < 4.78 is 0. The van der Waals surface area contributed by atoms with Gasteiger partial charge in [0, 0.05) is 24.4 Å². The molecule has 2 amide bonds. The third-order valence-corrected chi connectivity index (χ3v) is 6.36. The Morgan fingerprint density at radius 2 is 1.58 bits per heavy atom. The number of hydrogen-bond acceptors (Lipinski definition) is 3. The molecule has 0 aliphatic carbocycles. The number of nitrogens with one attached hydrogen (secondary N) is 1. The van der Waals surface area contributed by atoms with Gasteiger partial charge in [-0.1, -0.05) is 85.3 Å². The first-order valence-electron chi connectivity index (χ1n) is 11.4. The second-order valence-corrected chi connectivity index (χ2v) is 9.16. The smallest absolute Gasteiger partial charge is 0.243 e. The Morgan fingerprint density at radius 3 is 2.24 bits per heavy atom. The third kappa shape index (κ3) is 7.79. The molecule has 0 unspecified atom stereocenters. The van der Waals surface area contributed by atoms with Crippen LogP contribution in [-0.4, -0.2) is 35.1 Å². The van der Waals surface area contributed by atoms with Gasteiger partial charge in [0.25, 0.3) is 0 Å². The summed E-state index contributed by atoms with van der Waals surface area (Å²) in [5, 5.41) is 3.02. The van der Waals surface area contributed by atoms with Crippen LogP contribution in [0, 0.1) is 6.92 Å². The average molecular weight is 461 g/mol. The maximum atomic E-state index is 13.5. The molecule has 1 N–H and O–H groups in total. The van der Waals surface area contributed by atoms with E-state index in [0.717, 1.165) is 28.0 Å². The molecule has 0 spiro atoms. The van der Waals surface area contributed by atoms with Crippen LogP contribution in [0.2, 0.25) is 0 Å². The van der Waals surface area contributed by atoms with Gasteiger partial charge in [0.1, 0.15) is 6.04 Å². The Bertz CT molecular complexity index is 1020. The number of carbonyl (C=O) groups excluding carboxylic acids is 2. The molecule has 0 bridgehead atoms. The Balaban J connectivity index is 1.88. The van der Waals surface area contributed by atoms with E-state index in [1.165, 1.54) is 11.8 Å². The average Bonchev–Trinajstić information content (AvgIpc) is 2.84. The van der Waals surface area contributed by atoms with Gasteiger partial charge in [-0.3, -0.25) is 9.59 Å². The summed E-state index contributed by atoms with van der Waals surface area (Å²) in [6, 6.07) is 27.3. The Labute approximate surface area is 201 Å². The molecule has 3 aromatic rings. The van der Waals surface area contributed by atoms with E-state index in [1.807, 2.05) is 92.7 Å². The van der Waals surface area contributed by atoms with E-state index < -0.39 is 6.04 Å². The Kier molecular flexibility index (Phi) is 9.58. The highest BCUT2D eigenvalue weighted by atomic mass is 32.2. The van der Waals surface area contributed by atoms with Gasteiger partial charge in [-0.2, -0.15) is 0 Å². The van der Waals surface area contributed by atoms with Crippen molar-refractivity contribution in [2.75, 3.05) is 12.3 Å². The van der Waals surface area contributed by atoms with Crippen LogP contribution in [0.5, 0.6) is 0 Å². The Morgan fingerprint density at radius 1 is 0.909 bits per heavy atom. The first kappa shape index (κ1) is 24.6. The highest BCUT2D eigenvalue weighted by Crippen LogP contribution is 2.21. The number of aryl methyl sites for hydroxylation is 1. The lowest BCUT2D eigenvalue weighted by Gasteiger charge is -2.31. The quantitative estimate of drug-likeness (QED) is 0.398. The lowest BCUT2D eigenvalue weighted by Crippen LogP contribution is -2.51. The molecule has 0 saturated heterocycles. The van der Waals surface area contributed by atoms with Crippen LogP contribution in [0.1, 0.15) is 30.0 Å². The van der Waals surface area contributed by atoms with Gasteiger partial charge in [0.15, 0.2) is 0 Å². The summed E-state index contributed by atoms with van der Waals surface area (Å²) in [6.07, 6.45) is 1.32.